The Hall–Kier alpha value is -1.63. The maximum Gasteiger partial charge on any atom is 0.406 e. The Labute approximate surface area is 105 Å². The molecule has 2 rings (SSSR count). The summed E-state index contributed by atoms with van der Waals surface area (Å²) in [6, 6.07) is 0. The van der Waals surface area contributed by atoms with Gasteiger partial charge in [0.25, 0.3) is 0 Å². The number of nitro groups is 1. The van der Waals surface area contributed by atoms with Gasteiger partial charge in [-0.05, 0) is 29.7 Å². The summed E-state index contributed by atoms with van der Waals surface area (Å²) in [5.41, 5.74) is -0.244. The van der Waals surface area contributed by atoms with Crippen LogP contribution in [0, 0.1) is 17.0 Å². The average Bonchev–Trinajstić information content (AvgIpc) is 2.84. The highest BCUT2D eigenvalue weighted by molar-refractivity contribution is 5.53. The van der Waals surface area contributed by atoms with Crippen molar-refractivity contribution in [2.24, 2.45) is 7.05 Å². The number of ether oxygens (including phenoxy) is 1. The van der Waals surface area contributed by atoms with E-state index < -0.39 is 4.92 Å². The van der Waals surface area contributed by atoms with Crippen molar-refractivity contribution in [2.75, 3.05) is 18.5 Å². The van der Waals surface area contributed by atoms with Crippen LogP contribution in [0.4, 0.5) is 11.6 Å². The third kappa shape index (κ3) is 2.31. The summed E-state index contributed by atoms with van der Waals surface area (Å²) in [6.45, 7) is 5.06. The molecule has 7 heteroatoms. The van der Waals surface area contributed by atoms with Gasteiger partial charge in [0.2, 0.25) is 11.6 Å². The molecule has 0 amide bonds. The number of rotatable bonds is 4. The highest BCUT2D eigenvalue weighted by atomic mass is 16.6. The van der Waals surface area contributed by atoms with E-state index in [-0.39, 0.29) is 11.4 Å². The Kier molecular flexibility index (Phi) is 3.25. The Morgan fingerprint density at radius 2 is 2.39 bits per heavy atom. The minimum atomic E-state index is -0.465. The van der Waals surface area contributed by atoms with Crippen molar-refractivity contribution in [3.63, 3.8) is 0 Å². The molecular formula is C11H18N4O3. The lowest BCUT2D eigenvalue weighted by Gasteiger charge is -2.23. The normalized spacial score (nSPS) is 23.3. The van der Waals surface area contributed by atoms with Crippen LogP contribution in [0.5, 0.6) is 0 Å². The number of nitrogens with zero attached hydrogens (tertiary/aromatic N) is 3. The van der Waals surface area contributed by atoms with Crippen LogP contribution in [-0.4, -0.2) is 33.2 Å². The highest BCUT2D eigenvalue weighted by Crippen LogP contribution is 2.28. The van der Waals surface area contributed by atoms with Crippen LogP contribution in [0.2, 0.25) is 0 Å². The zero-order chi connectivity index (χ0) is 13.3. The maximum atomic E-state index is 10.9. The summed E-state index contributed by atoms with van der Waals surface area (Å²) in [7, 11) is 1.76. The SMILES string of the molecule is Cc1nc([N+](=O)[O-])c(NCC2(C)CCCO2)n1C. The fraction of sp³-hybridized carbons (Fsp3) is 0.727. The van der Waals surface area contributed by atoms with Crippen molar-refractivity contribution in [1.29, 1.82) is 0 Å². The first-order valence-corrected chi connectivity index (χ1v) is 5.98. The van der Waals surface area contributed by atoms with Crippen LogP contribution in [0.1, 0.15) is 25.6 Å². The fourth-order valence-corrected chi connectivity index (χ4v) is 2.16. The van der Waals surface area contributed by atoms with Crippen molar-refractivity contribution >= 4 is 11.6 Å². The second kappa shape index (κ2) is 4.56. The van der Waals surface area contributed by atoms with E-state index in [1.807, 2.05) is 6.92 Å². The Bertz CT molecular complexity index is 463. The van der Waals surface area contributed by atoms with Gasteiger partial charge in [-0.1, -0.05) is 0 Å². The first-order valence-electron chi connectivity index (χ1n) is 5.98. The van der Waals surface area contributed by atoms with E-state index in [0.717, 1.165) is 19.4 Å². The molecule has 0 saturated carbocycles. The van der Waals surface area contributed by atoms with Gasteiger partial charge in [-0.2, -0.15) is 0 Å². The molecule has 0 aromatic carbocycles. The lowest BCUT2D eigenvalue weighted by atomic mass is 10.0. The van der Waals surface area contributed by atoms with Crippen molar-refractivity contribution in [3.05, 3.63) is 15.9 Å². The van der Waals surface area contributed by atoms with Gasteiger partial charge in [0.15, 0.2) is 0 Å². The van der Waals surface area contributed by atoms with Crippen LogP contribution < -0.4 is 5.32 Å². The van der Waals surface area contributed by atoms with E-state index in [0.29, 0.717) is 18.2 Å². The highest BCUT2D eigenvalue weighted by Gasteiger charge is 2.31. The number of anilines is 1. The molecule has 1 atom stereocenters. The number of imidazole rings is 1. The van der Waals surface area contributed by atoms with Gasteiger partial charge in [0.1, 0.15) is 0 Å². The largest absolute Gasteiger partial charge is 0.406 e. The minimum absolute atomic E-state index is 0.128. The lowest BCUT2D eigenvalue weighted by molar-refractivity contribution is -0.388. The first kappa shape index (κ1) is 12.8. The molecule has 1 aliphatic rings. The Morgan fingerprint density at radius 3 is 2.94 bits per heavy atom. The summed E-state index contributed by atoms with van der Waals surface area (Å²) in [5.74, 6) is 0.924. The maximum absolute atomic E-state index is 10.9. The van der Waals surface area contributed by atoms with Crippen LogP contribution in [0.3, 0.4) is 0 Å². The van der Waals surface area contributed by atoms with Gasteiger partial charge in [-0.25, -0.2) is 0 Å². The third-order valence-electron chi connectivity index (χ3n) is 3.40. The second-order valence-corrected chi connectivity index (χ2v) is 4.90. The molecular weight excluding hydrogens is 236 g/mol. The number of aromatic nitrogens is 2. The van der Waals surface area contributed by atoms with E-state index in [1.165, 1.54) is 0 Å². The first-order chi connectivity index (χ1) is 8.43. The van der Waals surface area contributed by atoms with E-state index in [9.17, 15) is 10.1 Å². The van der Waals surface area contributed by atoms with Crippen molar-refractivity contribution < 1.29 is 9.66 Å². The summed E-state index contributed by atoms with van der Waals surface area (Å²) in [5, 5.41) is 14.0. The molecule has 2 heterocycles. The van der Waals surface area contributed by atoms with Gasteiger partial charge >= 0.3 is 5.82 Å². The van der Waals surface area contributed by atoms with Gasteiger partial charge in [-0.3, -0.25) is 4.57 Å². The van der Waals surface area contributed by atoms with E-state index in [4.69, 9.17) is 4.74 Å². The molecule has 1 aromatic rings. The van der Waals surface area contributed by atoms with E-state index >= 15 is 0 Å². The molecule has 1 aliphatic heterocycles. The number of nitrogens with one attached hydrogen (secondary N) is 1. The summed E-state index contributed by atoms with van der Waals surface area (Å²) >= 11 is 0. The smallest absolute Gasteiger partial charge is 0.373 e. The summed E-state index contributed by atoms with van der Waals surface area (Å²) in [4.78, 5) is 14.4. The van der Waals surface area contributed by atoms with Crippen molar-refractivity contribution in [1.82, 2.24) is 9.55 Å². The van der Waals surface area contributed by atoms with Gasteiger partial charge < -0.3 is 20.2 Å². The van der Waals surface area contributed by atoms with Crippen LogP contribution in [0.15, 0.2) is 0 Å². The molecule has 100 valence electrons. The standard InChI is InChI=1S/C11H18N4O3/c1-8-13-10(15(16)17)9(14(8)3)12-7-11(2)5-4-6-18-11/h12H,4-7H2,1-3H3. The summed E-state index contributed by atoms with van der Waals surface area (Å²) in [6.07, 6.45) is 2.00. The van der Waals surface area contributed by atoms with Gasteiger partial charge in [-0.15, -0.1) is 0 Å². The number of hydrogen-bond acceptors (Lipinski definition) is 5. The van der Waals surface area contributed by atoms with Crippen molar-refractivity contribution in [2.45, 2.75) is 32.3 Å². The minimum Gasteiger partial charge on any atom is -0.373 e. The molecule has 0 aliphatic carbocycles. The predicted octanol–water partition coefficient (Wildman–Crippen LogP) is 1.62. The summed E-state index contributed by atoms with van der Waals surface area (Å²) < 4.78 is 7.34. The average molecular weight is 254 g/mol. The molecule has 18 heavy (non-hydrogen) atoms. The van der Waals surface area contributed by atoms with Gasteiger partial charge in [0.05, 0.1) is 5.60 Å². The molecule has 0 spiro atoms. The quantitative estimate of drug-likeness (QED) is 0.652. The topological polar surface area (TPSA) is 82.2 Å². The van der Waals surface area contributed by atoms with Crippen molar-refractivity contribution in [3.8, 4) is 0 Å². The van der Waals surface area contributed by atoms with E-state index in [2.05, 4.69) is 10.3 Å². The molecule has 0 radical (unpaired) electrons. The third-order valence-corrected chi connectivity index (χ3v) is 3.40. The molecule has 7 nitrogen and oxygen atoms in total. The number of hydrogen-bond donors (Lipinski definition) is 1. The van der Waals surface area contributed by atoms with Crippen LogP contribution in [0.25, 0.3) is 0 Å². The molecule has 1 fully saturated rings. The second-order valence-electron chi connectivity index (χ2n) is 4.90. The fourth-order valence-electron chi connectivity index (χ4n) is 2.16. The molecule has 1 aromatic heterocycles. The lowest BCUT2D eigenvalue weighted by Crippen LogP contribution is -2.33. The molecule has 0 bridgehead atoms. The molecule has 1 N–H and O–H groups in total. The monoisotopic (exact) mass is 254 g/mol. The molecule has 1 saturated heterocycles. The van der Waals surface area contributed by atoms with Gasteiger partial charge in [0, 0.05) is 27.1 Å². The Morgan fingerprint density at radius 1 is 1.67 bits per heavy atom. The predicted molar refractivity (Wildman–Crippen MR) is 66.7 cm³/mol. The zero-order valence-corrected chi connectivity index (χ0v) is 10.9. The van der Waals surface area contributed by atoms with Crippen LogP contribution in [-0.2, 0) is 11.8 Å². The molecule has 1 unspecified atom stereocenters. The Balaban J connectivity index is 2.15. The van der Waals surface area contributed by atoms with Crippen LogP contribution >= 0.6 is 0 Å². The number of aryl methyl sites for hydroxylation is 1. The van der Waals surface area contributed by atoms with E-state index in [1.54, 1.807) is 18.5 Å². The zero-order valence-electron chi connectivity index (χ0n) is 10.9.